The summed E-state index contributed by atoms with van der Waals surface area (Å²) in [6.07, 6.45) is 0.336. The van der Waals surface area contributed by atoms with Crippen molar-refractivity contribution in [2.45, 2.75) is 50.7 Å². The Bertz CT molecular complexity index is 1150. The number of benzene rings is 2. The van der Waals surface area contributed by atoms with E-state index >= 15 is 0 Å². The third-order valence-corrected chi connectivity index (χ3v) is 7.03. The molecule has 3 rings (SSSR count). The molecule has 1 fully saturated rings. The molecule has 2 N–H and O–H groups in total. The summed E-state index contributed by atoms with van der Waals surface area (Å²) in [4.78, 5) is 24.8. The standard InChI is InChI=1S/C21H22Cl2N2O5S/c1-11-4-5-12(2)18(8-11)24-20(26)13(3)30-21(27)15-9-19(17(23)10-16(15)22)31(28,29)25-14-6-7-14/h4-5,8-10,13-14,25H,6-7H2,1-3H3,(H,24,26). The molecule has 0 aromatic heterocycles. The van der Waals surface area contributed by atoms with Crippen molar-refractivity contribution >= 4 is 50.8 Å². The highest BCUT2D eigenvalue weighted by Crippen LogP contribution is 2.31. The van der Waals surface area contributed by atoms with Crippen LogP contribution in [0.4, 0.5) is 5.69 Å². The van der Waals surface area contributed by atoms with Gasteiger partial charge in [-0.05, 0) is 62.9 Å². The van der Waals surface area contributed by atoms with Crippen LogP contribution in [0, 0.1) is 13.8 Å². The predicted molar refractivity (Wildman–Crippen MR) is 119 cm³/mol. The van der Waals surface area contributed by atoms with Crippen molar-refractivity contribution in [2.75, 3.05) is 5.32 Å². The molecule has 1 aliphatic rings. The van der Waals surface area contributed by atoms with Crippen molar-refractivity contribution in [3.8, 4) is 0 Å². The zero-order valence-corrected chi connectivity index (χ0v) is 19.5. The van der Waals surface area contributed by atoms with Crippen LogP contribution in [-0.4, -0.2) is 32.4 Å². The Balaban J connectivity index is 1.76. The maximum atomic E-state index is 12.6. The van der Waals surface area contributed by atoms with E-state index in [1.165, 1.54) is 13.0 Å². The lowest BCUT2D eigenvalue weighted by molar-refractivity contribution is -0.123. The highest BCUT2D eigenvalue weighted by molar-refractivity contribution is 7.89. The summed E-state index contributed by atoms with van der Waals surface area (Å²) in [5.74, 6) is -1.47. The fraction of sp³-hybridized carbons (Fsp3) is 0.333. The normalized spacial score (nSPS) is 14.7. The zero-order chi connectivity index (χ0) is 22.9. The van der Waals surface area contributed by atoms with E-state index in [0.717, 1.165) is 30.0 Å². The zero-order valence-electron chi connectivity index (χ0n) is 17.2. The van der Waals surface area contributed by atoms with Crippen LogP contribution >= 0.6 is 23.2 Å². The van der Waals surface area contributed by atoms with Gasteiger partial charge in [0.2, 0.25) is 10.0 Å². The number of halogens is 2. The Labute approximate surface area is 191 Å². The molecule has 0 bridgehead atoms. The maximum absolute atomic E-state index is 12.6. The van der Waals surface area contributed by atoms with E-state index in [0.29, 0.717) is 5.69 Å². The second-order valence-electron chi connectivity index (χ2n) is 7.51. The van der Waals surface area contributed by atoms with E-state index in [1.54, 1.807) is 0 Å². The number of rotatable bonds is 7. The Morgan fingerprint density at radius 3 is 2.42 bits per heavy atom. The van der Waals surface area contributed by atoms with Gasteiger partial charge in [0, 0.05) is 11.7 Å². The van der Waals surface area contributed by atoms with E-state index in [-0.39, 0.29) is 26.5 Å². The number of hydrogen-bond acceptors (Lipinski definition) is 5. The summed E-state index contributed by atoms with van der Waals surface area (Å²) in [5.41, 5.74) is 2.23. The van der Waals surface area contributed by atoms with Gasteiger partial charge in [0.1, 0.15) is 4.90 Å². The number of esters is 1. The largest absolute Gasteiger partial charge is 0.449 e. The van der Waals surface area contributed by atoms with Gasteiger partial charge in [0.25, 0.3) is 5.91 Å². The number of hydrogen-bond donors (Lipinski definition) is 2. The molecule has 166 valence electrons. The summed E-state index contributed by atoms with van der Waals surface area (Å²) >= 11 is 12.1. The summed E-state index contributed by atoms with van der Waals surface area (Å²) in [7, 11) is -3.92. The van der Waals surface area contributed by atoms with Crippen molar-refractivity contribution in [3.63, 3.8) is 0 Å². The lowest BCUT2D eigenvalue weighted by Crippen LogP contribution is -2.30. The molecule has 0 aliphatic heterocycles. The molecule has 31 heavy (non-hydrogen) atoms. The van der Waals surface area contributed by atoms with Crippen LogP contribution in [0.2, 0.25) is 10.0 Å². The third-order valence-electron chi connectivity index (χ3n) is 4.73. The maximum Gasteiger partial charge on any atom is 0.340 e. The molecule has 10 heteroatoms. The highest BCUT2D eigenvalue weighted by atomic mass is 35.5. The van der Waals surface area contributed by atoms with E-state index in [1.807, 2.05) is 32.0 Å². The molecule has 1 saturated carbocycles. The van der Waals surface area contributed by atoms with E-state index in [4.69, 9.17) is 27.9 Å². The number of nitrogens with one attached hydrogen (secondary N) is 2. The fourth-order valence-electron chi connectivity index (χ4n) is 2.76. The summed E-state index contributed by atoms with van der Waals surface area (Å²) in [6.45, 7) is 5.15. The summed E-state index contributed by atoms with van der Waals surface area (Å²) < 4.78 is 32.8. The number of carbonyl (C=O) groups is 2. The predicted octanol–water partition coefficient (Wildman–Crippen LogP) is 4.23. The van der Waals surface area contributed by atoms with Gasteiger partial charge in [-0.25, -0.2) is 17.9 Å². The van der Waals surface area contributed by atoms with Gasteiger partial charge in [-0.3, -0.25) is 4.79 Å². The van der Waals surface area contributed by atoms with E-state index in [9.17, 15) is 18.0 Å². The smallest absolute Gasteiger partial charge is 0.340 e. The Kier molecular flexibility index (Phi) is 6.95. The highest BCUT2D eigenvalue weighted by Gasteiger charge is 2.31. The van der Waals surface area contributed by atoms with Gasteiger partial charge in [-0.1, -0.05) is 35.3 Å². The Hall–Kier alpha value is -2.13. The number of ether oxygens (including phenoxy) is 1. The molecule has 0 spiro atoms. The molecule has 1 unspecified atom stereocenters. The first-order valence-corrected chi connectivity index (χ1v) is 11.8. The Morgan fingerprint density at radius 1 is 1.10 bits per heavy atom. The minimum Gasteiger partial charge on any atom is -0.449 e. The molecule has 1 aliphatic carbocycles. The molecule has 1 atom stereocenters. The molecule has 0 saturated heterocycles. The second-order valence-corrected chi connectivity index (χ2v) is 10.0. The van der Waals surface area contributed by atoms with Gasteiger partial charge in [-0.15, -0.1) is 0 Å². The fourth-order valence-corrected chi connectivity index (χ4v) is 4.91. The van der Waals surface area contributed by atoms with Gasteiger partial charge in [0.05, 0.1) is 15.6 Å². The van der Waals surface area contributed by atoms with E-state index < -0.39 is 28.0 Å². The van der Waals surface area contributed by atoms with Crippen LogP contribution in [-0.2, 0) is 19.6 Å². The average Bonchev–Trinajstić information content (AvgIpc) is 3.47. The average molecular weight is 485 g/mol. The monoisotopic (exact) mass is 484 g/mol. The van der Waals surface area contributed by atoms with Crippen molar-refractivity contribution in [3.05, 3.63) is 57.1 Å². The molecule has 0 radical (unpaired) electrons. The first kappa shape index (κ1) is 23.5. The molecule has 1 amide bonds. The van der Waals surface area contributed by atoms with Gasteiger partial charge in [-0.2, -0.15) is 0 Å². The topological polar surface area (TPSA) is 102 Å². The van der Waals surface area contributed by atoms with Crippen LogP contribution < -0.4 is 10.0 Å². The SMILES string of the molecule is Cc1ccc(C)c(NC(=O)C(C)OC(=O)c2cc(S(=O)(=O)NC3CC3)c(Cl)cc2Cl)c1. The lowest BCUT2D eigenvalue weighted by atomic mass is 10.1. The molecule has 0 heterocycles. The molecule has 2 aromatic carbocycles. The molecular formula is C21H22Cl2N2O5S. The van der Waals surface area contributed by atoms with Crippen molar-refractivity contribution in [2.24, 2.45) is 0 Å². The van der Waals surface area contributed by atoms with Crippen LogP contribution in [0.15, 0.2) is 35.2 Å². The summed E-state index contributed by atoms with van der Waals surface area (Å²) in [5, 5.41) is 2.52. The number of anilines is 1. The van der Waals surface area contributed by atoms with Gasteiger partial charge < -0.3 is 10.1 Å². The van der Waals surface area contributed by atoms with Crippen molar-refractivity contribution in [1.82, 2.24) is 4.72 Å². The minimum absolute atomic E-state index is 0.0810. The number of sulfonamides is 1. The Morgan fingerprint density at radius 2 is 1.77 bits per heavy atom. The number of aryl methyl sites for hydroxylation is 2. The molecular weight excluding hydrogens is 463 g/mol. The summed E-state index contributed by atoms with van der Waals surface area (Å²) in [6, 6.07) is 7.69. The number of amides is 1. The van der Waals surface area contributed by atoms with Crippen LogP contribution in [0.3, 0.4) is 0 Å². The third kappa shape index (κ3) is 5.77. The van der Waals surface area contributed by atoms with Crippen LogP contribution in [0.1, 0.15) is 41.3 Å². The van der Waals surface area contributed by atoms with Crippen molar-refractivity contribution < 1.29 is 22.7 Å². The van der Waals surface area contributed by atoms with Gasteiger partial charge in [0.15, 0.2) is 6.10 Å². The number of carbonyl (C=O) groups excluding carboxylic acids is 2. The lowest BCUT2D eigenvalue weighted by Gasteiger charge is -2.16. The van der Waals surface area contributed by atoms with Crippen LogP contribution in [0.5, 0.6) is 0 Å². The first-order chi connectivity index (χ1) is 14.5. The van der Waals surface area contributed by atoms with E-state index in [2.05, 4.69) is 10.0 Å². The molecule has 7 nitrogen and oxygen atoms in total. The molecule has 2 aromatic rings. The minimum atomic E-state index is -3.92. The first-order valence-electron chi connectivity index (χ1n) is 9.58. The van der Waals surface area contributed by atoms with Crippen molar-refractivity contribution in [1.29, 1.82) is 0 Å². The second kappa shape index (κ2) is 9.16. The van der Waals surface area contributed by atoms with Crippen LogP contribution in [0.25, 0.3) is 0 Å². The van der Waals surface area contributed by atoms with Gasteiger partial charge >= 0.3 is 5.97 Å². The quantitative estimate of drug-likeness (QED) is 0.572.